The summed E-state index contributed by atoms with van der Waals surface area (Å²) in [5, 5.41) is 12.6. The second kappa shape index (κ2) is 8.90. The molecule has 0 saturated carbocycles. The summed E-state index contributed by atoms with van der Waals surface area (Å²) < 4.78 is 5.42. The third kappa shape index (κ3) is 4.20. The first-order valence-electron chi connectivity index (χ1n) is 9.86. The third-order valence-electron chi connectivity index (χ3n) is 5.29. The minimum atomic E-state index is -0.431. The van der Waals surface area contributed by atoms with Gasteiger partial charge in [-0.1, -0.05) is 0 Å². The van der Waals surface area contributed by atoms with Gasteiger partial charge < -0.3 is 19.9 Å². The molecule has 30 heavy (non-hydrogen) atoms. The Bertz CT molecular complexity index is 1020. The molecule has 1 aromatic carbocycles. The van der Waals surface area contributed by atoms with E-state index in [2.05, 4.69) is 21.3 Å². The Morgan fingerprint density at radius 1 is 1.33 bits per heavy atom. The molecule has 4 rings (SSSR count). The SMILES string of the molecule is Cc1cc(C(=O)NCC(=O)N2CSC[C@H]2C#N)c2cc(N3CCOCC3)ccc2n1. The van der Waals surface area contributed by atoms with E-state index in [1.807, 2.05) is 25.1 Å². The van der Waals surface area contributed by atoms with E-state index in [0.29, 0.717) is 30.4 Å². The van der Waals surface area contributed by atoms with E-state index in [0.717, 1.165) is 35.4 Å². The highest BCUT2D eigenvalue weighted by molar-refractivity contribution is 7.99. The zero-order valence-electron chi connectivity index (χ0n) is 16.8. The fourth-order valence-corrected chi connectivity index (χ4v) is 4.80. The van der Waals surface area contributed by atoms with E-state index < -0.39 is 6.04 Å². The lowest BCUT2D eigenvalue weighted by molar-refractivity contribution is -0.129. The highest BCUT2D eigenvalue weighted by Gasteiger charge is 2.29. The number of benzene rings is 1. The number of nitrogens with zero attached hydrogens (tertiary/aromatic N) is 4. The zero-order valence-corrected chi connectivity index (χ0v) is 17.6. The van der Waals surface area contributed by atoms with Crippen molar-refractivity contribution in [3.63, 3.8) is 0 Å². The average molecular weight is 426 g/mol. The van der Waals surface area contributed by atoms with Crippen molar-refractivity contribution < 1.29 is 14.3 Å². The molecule has 0 aliphatic carbocycles. The molecule has 156 valence electrons. The van der Waals surface area contributed by atoms with Crippen LogP contribution in [0.3, 0.4) is 0 Å². The minimum absolute atomic E-state index is 0.135. The van der Waals surface area contributed by atoms with Gasteiger partial charge >= 0.3 is 0 Å². The highest BCUT2D eigenvalue weighted by atomic mass is 32.2. The van der Waals surface area contributed by atoms with E-state index in [1.54, 1.807) is 17.8 Å². The van der Waals surface area contributed by atoms with Crippen molar-refractivity contribution >= 4 is 40.2 Å². The van der Waals surface area contributed by atoms with Crippen LogP contribution in [0.4, 0.5) is 5.69 Å². The second-order valence-corrected chi connectivity index (χ2v) is 8.30. The first kappa shape index (κ1) is 20.4. The molecular weight excluding hydrogens is 402 g/mol. The van der Waals surface area contributed by atoms with Gasteiger partial charge in [0.1, 0.15) is 6.04 Å². The Hall–Kier alpha value is -2.83. The summed E-state index contributed by atoms with van der Waals surface area (Å²) in [5.74, 6) is 0.518. The van der Waals surface area contributed by atoms with Gasteiger partial charge in [-0.15, -0.1) is 11.8 Å². The molecule has 0 unspecified atom stereocenters. The zero-order chi connectivity index (χ0) is 21.1. The van der Waals surface area contributed by atoms with Crippen molar-refractivity contribution in [1.29, 1.82) is 5.26 Å². The lowest BCUT2D eigenvalue weighted by Gasteiger charge is -2.29. The number of aromatic nitrogens is 1. The van der Waals surface area contributed by atoms with Gasteiger partial charge in [0.05, 0.1) is 42.8 Å². The fraction of sp³-hybridized carbons (Fsp3) is 0.429. The summed E-state index contributed by atoms with van der Waals surface area (Å²) in [6, 6.07) is 9.36. The first-order valence-corrected chi connectivity index (χ1v) is 11.0. The maximum absolute atomic E-state index is 13.0. The Labute approximate surface area is 179 Å². The number of fused-ring (bicyclic) bond motifs is 1. The molecule has 0 bridgehead atoms. The Morgan fingerprint density at radius 2 is 2.13 bits per heavy atom. The number of anilines is 1. The number of amides is 2. The number of thioether (sulfide) groups is 1. The van der Waals surface area contributed by atoms with Gasteiger partial charge in [0.2, 0.25) is 5.91 Å². The molecule has 0 radical (unpaired) electrons. The van der Waals surface area contributed by atoms with Crippen LogP contribution in [-0.4, -0.2) is 72.2 Å². The van der Waals surface area contributed by atoms with Crippen LogP contribution in [0.1, 0.15) is 16.1 Å². The second-order valence-electron chi connectivity index (χ2n) is 7.30. The molecule has 8 nitrogen and oxygen atoms in total. The highest BCUT2D eigenvalue weighted by Crippen LogP contribution is 2.26. The average Bonchev–Trinajstić information content (AvgIpc) is 3.26. The van der Waals surface area contributed by atoms with Crippen molar-refractivity contribution in [2.24, 2.45) is 0 Å². The van der Waals surface area contributed by atoms with Gasteiger partial charge in [-0.25, -0.2) is 0 Å². The smallest absolute Gasteiger partial charge is 0.252 e. The van der Waals surface area contributed by atoms with E-state index >= 15 is 0 Å². The van der Waals surface area contributed by atoms with Crippen LogP contribution in [-0.2, 0) is 9.53 Å². The summed E-state index contributed by atoms with van der Waals surface area (Å²) in [7, 11) is 0. The van der Waals surface area contributed by atoms with Crippen molar-refractivity contribution in [3.05, 3.63) is 35.5 Å². The number of rotatable bonds is 4. The largest absolute Gasteiger partial charge is 0.378 e. The molecule has 1 aromatic heterocycles. The van der Waals surface area contributed by atoms with Gasteiger partial charge in [-0.2, -0.15) is 5.26 Å². The fourth-order valence-electron chi connectivity index (χ4n) is 3.70. The lowest BCUT2D eigenvalue weighted by atomic mass is 10.1. The standard InChI is InChI=1S/C21H23N5O3S/c1-14-8-18(21(28)23-11-20(27)26-13-30-12-16(26)10-22)17-9-15(2-3-19(17)24-14)25-4-6-29-7-5-25/h2-3,8-9,16H,4-7,11-13H2,1H3,(H,23,28)/t16-/m1/s1. The van der Waals surface area contributed by atoms with Crippen LogP contribution in [0.5, 0.6) is 0 Å². The van der Waals surface area contributed by atoms with Crippen LogP contribution < -0.4 is 10.2 Å². The number of nitriles is 1. The number of morpholine rings is 1. The number of hydrogen-bond acceptors (Lipinski definition) is 7. The minimum Gasteiger partial charge on any atom is -0.378 e. The molecule has 2 saturated heterocycles. The molecule has 9 heteroatoms. The predicted octanol–water partition coefficient (Wildman–Crippen LogP) is 1.53. The van der Waals surface area contributed by atoms with E-state index in [9.17, 15) is 9.59 Å². The summed E-state index contributed by atoms with van der Waals surface area (Å²) in [6.45, 7) is 4.67. The number of carbonyl (C=O) groups is 2. The number of nitrogens with one attached hydrogen (secondary N) is 1. The molecule has 2 aromatic rings. The number of pyridine rings is 1. The van der Waals surface area contributed by atoms with Crippen molar-refractivity contribution in [2.75, 3.05) is 49.4 Å². The van der Waals surface area contributed by atoms with Crippen LogP contribution >= 0.6 is 11.8 Å². The van der Waals surface area contributed by atoms with Crippen molar-refractivity contribution in [3.8, 4) is 6.07 Å². The molecule has 2 aliphatic heterocycles. The summed E-state index contributed by atoms with van der Waals surface area (Å²) in [5.41, 5.74) is 2.99. The maximum atomic E-state index is 13.0. The van der Waals surface area contributed by atoms with Crippen LogP contribution in [0.15, 0.2) is 24.3 Å². The van der Waals surface area contributed by atoms with Crippen LogP contribution in [0.25, 0.3) is 10.9 Å². The van der Waals surface area contributed by atoms with Crippen LogP contribution in [0.2, 0.25) is 0 Å². The maximum Gasteiger partial charge on any atom is 0.252 e. The molecular formula is C21H23N5O3S. The van der Waals surface area contributed by atoms with Crippen molar-refractivity contribution in [2.45, 2.75) is 13.0 Å². The first-order chi connectivity index (χ1) is 14.6. The predicted molar refractivity (Wildman–Crippen MR) is 115 cm³/mol. The molecule has 0 spiro atoms. The topological polar surface area (TPSA) is 98.6 Å². The van der Waals surface area contributed by atoms with Gasteiger partial charge in [-0.05, 0) is 31.2 Å². The van der Waals surface area contributed by atoms with Gasteiger partial charge in [-0.3, -0.25) is 14.6 Å². The number of aryl methyl sites for hydroxylation is 1. The Morgan fingerprint density at radius 3 is 2.90 bits per heavy atom. The van der Waals surface area contributed by atoms with E-state index in [1.165, 1.54) is 4.90 Å². The molecule has 2 fully saturated rings. The van der Waals surface area contributed by atoms with Crippen LogP contribution in [0, 0.1) is 18.3 Å². The normalized spacial score (nSPS) is 19.0. The number of carbonyl (C=O) groups excluding carboxylic acids is 2. The molecule has 1 atom stereocenters. The van der Waals surface area contributed by atoms with Gasteiger partial charge in [0.25, 0.3) is 5.91 Å². The van der Waals surface area contributed by atoms with Gasteiger partial charge in [0, 0.05) is 35.6 Å². The molecule has 1 N–H and O–H groups in total. The quantitative estimate of drug-likeness (QED) is 0.793. The van der Waals surface area contributed by atoms with Gasteiger partial charge in [0.15, 0.2) is 0 Å². The van der Waals surface area contributed by atoms with E-state index in [4.69, 9.17) is 10.00 Å². The Balaban J connectivity index is 1.55. The molecule has 2 amide bonds. The molecule has 3 heterocycles. The van der Waals surface area contributed by atoms with E-state index in [-0.39, 0.29) is 18.4 Å². The summed E-state index contributed by atoms with van der Waals surface area (Å²) in [4.78, 5) is 33.7. The summed E-state index contributed by atoms with van der Waals surface area (Å²) >= 11 is 1.54. The third-order valence-corrected chi connectivity index (χ3v) is 6.31. The summed E-state index contributed by atoms with van der Waals surface area (Å²) in [6.07, 6.45) is 0. The number of hydrogen-bond donors (Lipinski definition) is 1. The lowest BCUT2D eigenvalue weighted by Crippen LogP contribution is -2.42. The van der Waals surface area contributed by atoms with Crippen molar-refractivity contribution in [1.82, 2.24) is 15.2 Å². The monoisotopic (exact) mass is 425 g/mol. The Kier molecular flexibility index (Phi) is 6.06. The molecule has 2 aliphatic rings. The number of ether oxygens (including phenoxy) is 1.